The fourth-order valence-electron chi connectivity index (χ4n) is 7.19. The maximum absolute atomic E-state index is 12.2. The number of ether oxygens (including phenoxy) is 1. The van der Waals surface area contributed by atoms with Crippen molar-refractivity contribution < 1.29 is 19.2 Å². The van der Waals surface area contributed by atoms with Crippen molar-refractivity contribution in [3.63, 3.8) is 0 Å². The van der Waals surface area contributed by atoms with E-state index in [1.807, 2.05) is 0 Å². The maximum Gasteiger partial charge on any atom is 0.311 e. The first-order valence-corrected chi connectivity index (χ1v) is 10.3. The van der Waals surface area contributed by atoms with E-state index in [1.54, 1.807) is 0 Å². The lowest BCUT2D eigenvalue weighted by molar-refractivity contribution is -0.422. The van der Waals surface area contributed by atoms with E-state index in [-0.39, 0.29) is 28.3 Å². The van der Waals surface area contributed by atoms with Gasteiger partial charge in [0.1, 0.15) is 0 Å². The molecule has 3 fully saturated rings. The van der Waals surface area contributed by atoms with Crippen LogP contribution in [0.25, 0.3) is 0 Å². The first-order chi connectivity index (χ1) is 12.8. The van der Waals surface area contributed by atoms with Gasteiger partial charge in [0, 0.05) is 24.3 Å². The van der Waals surface area contributed by atoms with E-state index in [2.05, 4.69) is 6.92 Å². The summed E-state index contributed by atoms with van der Waals surface area (Å²) >= 11 is 0. The van der Waals surface area contributed by atoms with Crippen LogP contribution in [0, 0.1) is 38.7 Å². The molecule has 6 heteroatoms. The summed E-state index contributed by atoms with van der Waals surface area (Å²) in [6.07, 6.45) is 8.12. The molecule has 27 heavy (non-hydrogen) atoms. The van der Waals surface area contributed by atoms with Gasteiger partial charge in [-0.25, -0.2) is 0 Å². The third-order valence-corrected chi connectivity index (χ3v) is 8.37. The van der Waals surface area contributed by atoms with Crippen LogP contribution in [0.1, 0.15) is 71.6 Å². The molecule has 0 aromatic heterocycles. The average Bonchev–Trinajstić information content (AvgIpc) is 3.04. The minimum Gasteiger partial charge on any atom is -0.465 e. The number of allylic oxidation sites excluding steroid dienone is 1. The van der Waals surface area contributed by atoms with E-state index in [4.69, 9.17) is 4.74 Å². The summed E-state index contributed by atoms with van der Waals surface area (Å²) in [5, 5.41) is 11.6. The molecule has 6 nitrogen and oxygen atoms in total. The van der Waals surface area contributed by atoms with Gasteiger partial charge in [-0.3, -0.25) is 19.7 Å². The van der Waals surface area contributed by atoms with Gasteiger partial charge >= 0.3 is 11.7 Å². The Labute approximate surface area is 159 Å². The molecule has 148 valence electrons. The Bertz CT molecular complexity index is 728. The van der Waals surface area contributed by atoms with Crippen LogP contribution in [0.15, 0.2) is 11.3 Å². The summed E-state index contributed by atoms with van der Waals surface area (Å²) in [6, 6.07) is 0. The average molecular weight is 375 g/mol. The molecule has 0 bridgehead atoms. The molecule has 4 aliphatic rings. The quantitative estimate of drug-likeness (QED) is 0.422. The Morgan fingerprint density at radius 2 is 1.96 bits per heavy atom. The van der Waals surface area contributed by atoms with Crippen LogP contribution in [0.5, 0.6) is 0 Å². The number of nitro groups is 1. The number of rotatable bonds is 3. The van der Waals surface area contributed by atoms with Crippen LogP contribution in [-0.4, -0.2) is 23.3 Å². The zero-order valence-corrected chi connectivity index (χ0v) is 16.3. The van der Waals surface area contributed by atoms with E-state index < -0.39 is 4.92 Å². The fourth-order valence-corrected chi connectivity index (χ4v) is 7.19. The molecule has 0 spiro atoms. The summed E-state index contributed by atoms with van der Waals surface area (Å²) in [7, 11) is 0. The lowest BCUT2D eigenvalue weighted by atomic mass is 9.47. The van der Waals surface area contributed by atoms with Gasteiger partial charge in [0.05, 0.1) is 11.5 Å². The first-order valence-electron chi connectivity index (χ1n) is 10.3. The predicted octanol–water partition coefficient (Wildman–Crippen LogP) is 4.06. The molecule has 0 unspecified atom stereocenters. The number of carbonyl (C=O) groups is 2. The van der Waals surface area contributed by atoms with E-state index in [0.29, 0.717) is 37.2 Å². The molecular weight excluding hydrogens is 346 g/mol. The number of Topliss-reactive ketones (excluding diaryl/α,β-unsaturated/α-hetero) is 1. The van der Waals surface area contributed by atoms with E-state index in [1.165, 1.54) is 19.8 Å². The van der Waals surface area contributed by atoms with Crippen molar-refractivity contribution in [3.05, 3.63) is 21.4 Å². The highest BCUT2D eigenvalue weighted by Crippen LogP contribution is 2.65. The van der Waals surface area contributed by atoms with Gasteiger partial charge < -0.3 is 4.74 Å². The summed E-state index contributed by atoms with van der Waals surface area (Å²) in [4.78, 5) is 34.8. The van der Waals surface area contributed by atoms with Gasteiger partial charge in [-0.2, -0.15) is 0 Å². The van der Waals surface area contributed by atoms with E-state index in [9.17, 15) is 19.7 Å². The third kappa shape index (κ3) is 2.74. The van der Waals surface area contributed by atoms with Gasteiger partial charge in [-0.05, 0) is 68.1 Å². The highest BCUT2D eigenvalue weighted by atomic mass is 16.6. The maximum atomic E-state index is 12.2. The largest absolute Gasteiger partial charge is 0.465 e. The highest BCUT2D eigenvalue weighted by molar-refractivity contribution is 5.95. The molecule has 0 aromatic carbocycles. The number of fused-ring (bicyclic) bond motifs is 5. The summed E-state index contributed by atoms with van der Waals surface area (Å²) in [5.41, 5.74) is 0.580. The monoisotopic (exact) mass is 375 g/mol. The van der Waals surface area contributed by atoms with Crippen LogP contribution < -0.4 is 0 Å². The van der Waals surface area contributed by atoms with Gasteiger partial charge in [-0.1, -0.05) is 13.3 Å². The number of ketones is 1. The van der Waals surface area contributed by atoms with E-state index >= 15 is 0 Å². The van der Waals surface area contributed by atoms with Gasteiger partial charge in [0.2, 0.25) is 5.78 Å². The fraction of sp³-hybridized carbons (Fsp3) is 0.810. The van der Waals surface area contributed by atoms with Crippen molar-refractivity contribution in [1.29, 1.82) is 0 Å². The minimum atomic E-state index is -0.432. The molecule has 0 saturated heterocycles. The number of hydrogen-bond acceptors (Lipinski definition) is 5. The third-order valence-electron chi connectivity index (χ3n) is 8.37. The van der Waals surface area contributed by atoms with E-state index in [0.717, 1.165) is 37.7 Å². The lowest BCUT2D eigenvalue weighted by Crippen LogP contribution is -2.52. The van der Waals surface area contributed by atoms with Crippen LogP contribution in [-0.2, 0) is 14.3 Å². The van der Waals surface area contributed by atoms with Crippen LogP contribution >= 0.6 is 0 Å². The Morgan fingerprint density at radius 1 is 1.19 bits per heavy atom. The standard InChI is InChI=1S/C21H29NO5/c1-13(23)27-12-21-9-3-4-16(21)14-5-6-17-19(22(25)26)18(24)8-10-20(17,2)15(14)7-11-21/h14-16H,3-12H2,1-2H3/t14-,15+,16+,20-,21+/m1/s1. The Kier molecular flexibility index (Phi) is 4.43. The highest BCUT2D eigenvalue weighted by Gasteiger charge is 2.60. The van der Waals surface area contributed by atoms with Gasteiger partial charge in [-0.15, -0.1) is 0 Å². The van der Waals surface area contributed by atoms with Gasteiger partial charge in [0.15, 0.2) is 0 Å². The molecule has 4 aliphatic carbocycles. The summed E-state index contributed by atoms with van der Waals surface area (Å²) < 4.78 is 5.48. The van der Waals surface area contributed by atoms with Crippen molar-refractivity contribution in [3.8, 4) is 0 Å². The molecule has 5 atom stereocenters. The molecule has 0 amide bonds. The molecule has 3 saturated carbocycles. The zero-order chi connectivity index (χ0) is 19.4. The summed E-state index contributed by atoms with van der Waals surface area (Å²) in [5.74, 6) is 0.960. The van der Waals surface area contributed by atoms with Crippen molar-refractivity contribution in [2.45, 2.75) is 71.6 Å². The van der Waals surface area contributed by atoms with Crippen molar-refractivity contribution in [1.82, 2.24) is 0 Å². The van der Waals surface area contributed by atoms with Crippen LogP contribution in [0.3, 0.4) is 0 Å². The number of carbonyl (C=O) groups excluding carboxylic acids is 2. The Balaban J connectivity index is 1.67. The smallest absolute Gasteiger partial charge is 0.311 e. The molecular formula is C21H29NO5. The van der Waals surface area contributed by atoms with Crippen LogP contribution in [0.2, 0.25) is 0 Å². The normalized spacial score (nSPS) is 40.8. The minimum absolute atomic E-state index is 0.0980. The number of nitrogens with zero attached hydrogens (tertiary/aromatic N) is 1. The molecule has 0 N–H and O–H groups in total. The second-order valence-electron chi connectivity index (χ2n) is 9.41. The van der Waals surface area contributed by atoms with Crippen LogP contribution in [0.4, 0.5) is 0 Å². The van der Waals surface area contributed by atoms with Crippen molar-refractivity contribution in [2.24, 2.45) is 28.6 Å². The zero-order valence-electron chi connectivity index (χ0n) is 16.3. The summed E-state index contributed by atoms with van der Waals surface area (Å²) in [6.45, 7) is 4.17. The Morgan fingerprint density at radius 3 is 2.67 bits per heavy atom. The van der Waals surface area contributed by atoms with Gasteiger partial charge in [0.25, 0.3) is 0 Å². The molecule has 4 rings (SSSR count). The lowest BCUT2D eigenvalue weighted by Gasteiger charge is -2.57. The van der Waals surface area contributed by atoms with Crippen molar-refractivity contribution in [2.75, 3.05) is 6.61 Å². The molecule has 0 aliphatic heterocycles. The Hall–Kier alpha value is -1.72. The SMILES string of the molecule is CC(=O)OC[C@@]12CCC[C@H]1[C@@H]1CCC3=C([N+](=O)[O-])C(=O)CC[C@]3(C)[C@H]1CC2. The second kappa shape index (κ2) is 6.42. The topological polar surface area (TPSA) is 86.5 Å². The number of hydrogen-bond donors (Lipinski definition) is 0. The molecule has 0 heterocycles. The molecule has 0 radical (unpaired) electrons. The first kappa shape index (κ1) is 18.6. The van der Waals surface area contributed by atoms with Crippen molar-refractivity contribution >= 4 is 11.8 Å². The number of esters is 1. The predicted molar refractivity (Wildman–Crippen MR) is 98.2 cm³/mol. The second-order valence-corrected chi connectivity index (χ2v) is 9.41. The molecule has 0 aromatic rings.